The molecule has 1 fully saturated rings. The van der Waals surface area contributed by atoms with Crippen LogP contribution in [-0.2, 0) is 11.3 Å². The minimum absolute atomic E-state index is 0.0367. The number of hydrogen-bond acceptors (Lipinski definition) is 3. The lowest BCUT2D eigenvalue weighted by atomic mass is 10.1. The highest BCUT2D eigenvalue weighted by atomic mass is 16.5. The van der Waals surface area contributed by atoms with Gasteiger partial charge in [-0.3, -0.25) is 0 Å². The standard InChI is InChI=1S/C19H31N3O2/c1-4-21-12-10-18(15-21)20-19(23)22(11-5-13-24-3)14-17-8-6-16(2)7-9-17/h6-9,18H,4-5,10-15H2,1-3H3,(H,20,23). The third-order valence-electron chi connectivity index (χ3n) is 4.60. The number of aryl methyl sites for hydroxylation is 1. The van der Waals surface area contributed by atoms with Gasteiger partial charge in [-0.1, -0.05) is 36.8 Å². The fraction of sp³-hybridized carbons (Fsp3) is 0.632. The Kier molecular flexibility index (Phi) is 7.53. The molecule has 2 rings (SSSR count). The smallest absolute Gasteiger partial charge is 0.317 e. The van der Waals surface area contributed by atoms with Crippen molar-refractivity contribution in [3.63, 3.8) is 0 Å². The molecule has 0 aliphatic carbocycles. The summed E-state index contributed by atoms with van der Waals surface area (Å²) < 4.78 is 5.13. The molecule has 2 amide bonds. The van der Waals surface area contributed by atoms with Crippen LogP contribution in [0.4, 0.5) is 4.79 Å². The van der Waals surface area contributed by atoms with Gasteiger partial charge in [0.2, 0.25) is 0 Å². The van der Waals surface area contributed by atoms with E-state index in [1.807, 2.05) is 4.90 Å². The zero-order chi connectivity index (χ0) is 17.4. The zero-order valence-electron chi connectivity index (χ0n) is 15.3. The molecule has 0 spiro atoms. The van der Waals surface area contributed by atoms with Gasteiger partial charge < -0.3 is 19.9 Å². The predicted molar refractivity (Wildman–Crippen MR) is 97.1 cm³/mol. The van der Waals surface area contributed by atoms with E-state index < -0.39 is 0 Å². The highest BCUT2D eigenvalue weighted by Crippen LogP contribution is 2.11. The van der Waals surface area contributed by atoms with Gasteiger partial charge in [-0.05, 0) is 31.9 Å². The van der Waals surface area contributed by atoms with Crippen LogP contribution in [0, 0.1) is 6.92 Å². The molecule has 0 aromatic heterocycles. The van der Waals surface area contributed by atoms with Crippen molar-refractivity contribution in [3.8, 4) is 0 Å². The molecule has 24 heavy (non-hydrogen) atoms. The first kappa shape index (κ1) is 18.7. The molecule has 1 aliphatic rings. The second kappa shape index (κ2) is 9.64. The molecule has 1 heterocycles. The molecule has 134 valence electrons. The summed E-state index contributed by atoms with van der Waals surface area (Å²) in [5, 5.41) is 3.21. The summed E-state index contributed by atoms with van der Waals surface area (Å²) >= 11 is 0. The first-order valence-electron chi connectivity index (χ1n) is 8.94. The van der Waals surface area contributed by atoms with Crippen LogP contribution in [0.5, 0.6) is 0 Å². The van der Waals surface area contributed by atoms with Gasteiger partial charge in [-0.2, -0.15) is 0 Å². The second-order valence-electron chi connectivity index (χ2n) is 6.58. The third kappa shape index (κ3) is 5.80. The number of rotatable bonds is 8. The number of likely N-dealkylation sites (tertiary alicyclic amines) is 1. The van der Waals surface area contributed by atoms with Crippen LogP contribution in [0.3, 0.4) is 0 Å². The molecule has 5 nitrogen and oxygen atoms in total. The van der Waals surface area contributed by atoms with E-state index in [4.69, 9.17) is 4.74 Å². The molecular weight excluding hydrogens is 302 g/mol. The van der Waals surface area contributed by atoms with Crippen LogP contribution in [-0.4, -0.2) is 61.8 Å². The zero-order valence-corrected chi connectivity index (χ0v) is 15.3. The van der Waals surface area contributed by atoms with Crippen LogP contribution >= 0.6 is 0 Å². The van der Waals surface area contributed by atoms with Crippen molar-refractivity contribution in [2.45, 2.75) is 39.3 Å². The lowest BCUT2D eigenvalue weighted by Gasteiger charge is -2.25. The fourth-order valence-electron chi connectivity index (χ4n) is 3.07. The van der Waals surface area contributed by atoms with Crippen molar-refractivity contribution in [3.05, 3.63) is 35.4 Å². The van der Waals surface area contributed by atoms with Crippen molar-refractivity contribution in [1.29, 1.82) is 0 Å². The fourth-order valence-corrected chi connectivity index (χ4v) is 3.07. The molecule has 1 unspecified atom stereocenters. The van der Waals surface area contributed by atoms with Gasteiger partial charge in [0, 0.05) is 45.9 Å². The van der Waals surface area contributed by atoms with Gasteiger partial charge in [0.15, 0.2) is 0 Å². The van der Waals surface area contributed by atoms with Crippen molar-refractivity contribution >= 4 is 6.03 Å². The van der Waals surface area contributed by atoms with Gasteiger partial charge in [0.25, 0.3) is 0 Å². The Morgan fingerprint density at radius 3 is 2.75 bits per heavy atom. The summed E-state index contributed by atoms with van der Waals surface area (Å²) in [6, 6.07) is 8.68. The van der Waals surface area contributed by atoms with Gasteiger partial charge in [0.1, 0.15) is 0 Å². The summed E-state index contributed by atoms with van der Waals surface area (Å²) in [5.41, 5.74) is 2.40. The average Bonchev–Trinajstić information content (AvgIpc) is 3.03. The first-order chi connectivity index (χ1) is 11.6. The Hall–Kier alpha value is -1.59. The van der Waals surface area contributed by atoms with E-state index in [-0.39, 0.29) is 12.1 Å². The lowest BCUT2D eigenvalue weighted by Crippen LogP contribution is -2.46. The van der Waals surface area contributed by atoms with Crippen LogP contribution in [0.2, 0.25) is 0 Å². The molecule has 1 aromatic carbocycles. The largest absolute Gasteiger partial charge is 0.385 e. The Morgan fingerprint density at radius 1 is 1.38 bits per heavy atom. The number of ether oxygens (including phenoxy) is 1. The number of carbonyl (C=O) groups excluding carboxylic acids is 1. The highest BCUT2D eigenvalue weighted by Gasteiger charge is 2.24. The van der Waals surface area contributed by atoms with Gasteiger partial charge in [-0.15, -0.1) is 0 Å². The first-order valence-corrected chi connectivity index (χ1v) is 8.94. The quantitative estimate of drug-likeness (QED) is 0.744. The summed E-state index contributed by atoms with van der Waals surface area (Å²) in [5.74, 6) is 0. The molecule has 1 aromatic rings. The molecule has 1 atom stereocenters. The van der Waals surface area contributed by atoms with Gasteiger partial charge in [0.05, 0.1) is 0 Å². The number of urea groups is 1. The van der Waals surface area contributed by atoms with E-state index in [2.05, 4.69) is 48.3 Å². The lowest BCUT2D eigenvalue weighted by molar-refractivity contribution is 0.164. The van der Waals surface area contributed by atoms with Crippen LogP contribution < -0.4 is 5.32 Å². The summed E-state index contributed by atoms with van der Waals surface area (Å²) in [7, 11) is 1.70. The monoisotopic (exact) mass is 333 g/mol. The van der Waals surface area contributed by atoms with Crippen molar-refractivity contribution in [2.24, 2.45) is 0 Å². The maximum Gasteiger partial charge on any atom is 0.317 e. The molecule has 5 heteroatoms. The van der Waals surface area contributed by atoms with Crippen LogP contribution in [0.25, 0.3) is 0 Å². The summed E-state index contributed by atoms with van der Waals surface area (Å²) in [6.07, 6.45) is 1.89. The Bertz CT molecular complexity index is 504. The van der Waals surface area contributed by atoms with Crippen LogP contribution in [0.1, 0.15) is 30.9 Å². The minimum atomic E-state index is 0.0367. The van der Waals surface area contributed by atoms with Crippen molar-refractivity contribution in [2.75, 3.05) is 39.9 Å². The molecule has 0 bridgehead atoms. The second-order valence-corrected chi connectivity index (χ2v) is 6.58. The van der Waals surface area contributed by atoms with E-state index in [1.54, 1.807) is 7.11 Å². The SMILES string of the molecule is CCN1CCC(NC(=O)N(CCCOC)Cc2ccc(C)cc2)C1. The number of methoxy groups -OCH3 is 1. The number of hydrogen-bond donors (Lipinski definition) is 1. The van der Waals surface area contributed by atoms with E-state index in [0.29, 0.717) is 19.7 Å². The Balaban J connectivity index is 1.93. The third-order valence-corrected chi connectivity index (χ3v) is 4.60. The minimum Gasteiger partial charge on any atom is -0.385 e. The Labute approximate surface area is 146 Å². The van der Waals surface area contributed by atoms with Crippen molar-refractivity contribution < 1.29 is 9.53 Å². The van der Waals surface area contributed by atoms with E-state index in [9.17, 15) is 4.79 Å². The molecule has 1 aliphatic heterocycles. The number of nitrogens with one attached hydrogen (secondary N) is 1. The maximum atomic E-state index is 12.7. The molecular formula is C19H31N3O2. The maximum absolute atomic E-state index is 12.7. The summed E-state index contributed by atoms with van der Waals surface area (Å²) in [6.45, 7) is 9.34. The average molecular weight is 333 g/mol. The number of nitrogens with zero attached hydrogens (tertiary/aromatic N) is 2. The van der Waals surface area contributed by atoms with Gasteiger partial charge in [-0.25, -0.2) is 4.79 Å². The highest BCUT2D eigenvalue weighted by molar-refractivity contribution is 5.74. The van der Waals surface area contributed by atoms with E-state index >= 15 is 0 Å². The number of carbonyl (C=O) groups is 1. The number of amides is 2. The van der Waals surface area contributed by atoms with Crippen molar-refractivity contribution in [1.82, 2.24) is 15.1 Å². The van der Waals surface area contributed by atoms with Crippen LogP contribution in [0.15, 0.2) is 24.3 Å². The van der Waals surface area contributed by atoms with Gasteiger partial charge >= 0.3 is 6.03 Å². The normalized spacial score (nSPS) is 17.9. The molecule has 0 radical (unpaired) electrons. The Morgan fingerprint density at radius 2 is 2.12 bits per heavy atom. The number of benzene rings is 1. The molecule has 1 saturated heterocycles. The van der Waals surface area contributed by atoms with E-state index in [1.165, 1.54) is 5.56 Å². The predicted octanol–water partition coefficient (Wildman–Crippen LogP) is 2.64. The molecule has 0 saturated carbocycles. The van der Waals surface area contributed by atoms with E-state index in [0.717, 1.165) is 38.0 Å². The number of likely N-dealkylation sites (N-methyl/N-ethyl adjacent to an activating group) is 1. The topological polar surface area (TPSA) is 44.8 Å². The molecule has 1 N–H and O–H groups in total. The summed E-state index contributed by atoms with van der Waals surface area (Å²) in [4.78, 5) is 17.0.